The summed E-state index contributed by atoms with van der Waals surface area (Å²) in [6.45, 7) is 0. The molecule has 0 fully saturated rings. The second-order valence-corrected chi connectivity index (χ2v) is 6.60. The maximum Gasteiger partial charge on any atom is 0.258 e. The Morgan fingerprint density at radius 1 is 1.04 bits per heavy atom. The van der Waals surface area contributed by atoms with Crippen molar-refractivity contribution in [3.63, 3.8) is 0 Å². The fourth-order valence-corrected chi connectivity index (χ4v) is 2.99. The van der Waals surface area contributed by atoms with E-state index in [1.807, 2.05) is 0 Å². The molecule has 0 unspecified atom stereocenters. The number of nitrogens with zero attached hydrogens (tertiary/aromatic N) is 1. The molecule has 4 rings (SSSR count). The van der Waals surface area contributed by atoms with Crippen molar-refractivity contribution in [3.8, 4) is 11.5 Å². The van der Waals surface area contributed by atoms with Crippen LogP contribution >= 0.6 is 23.2 Å². The molecule has 0 aliphatic carbocycles. The van der Waals surface area contributed by atoms with Crippen LogP contribution in [0.4, 0.5) is 10.1 Å². The van der Waals surface area contributed by atoms with Gasteiger partial charge < -0.3 is 9.73 Å². The van der Waals surface area contributed by atoms with Crippen molar-refractivity contribution < 1.29 is 13.6 Å². The summed E-state index contributed by atoms with van der Waals surface area (Å²) in [6, 6.07) is 15.7. The minimum absolute atomic E-state index is 0.0505. The van der Waals surface area contributed by atoms with Gasteiger partial charge in [0.1, 0.15) is 11.3 Å². The van der Waals surface area contributed by atoms with Crippen molar-refractivity contribution in [2.45, 2.75) is 0 Å². The SMILES string of the molecule is O=C(Nc1ccc(Cl)c(-c2nc3cc(Cl)ccc3o2)c1)c1ccccc1F. The highest BCUT2D eigenvalue weighted by molar-refractivity contribution is 6.33. The van der Waals surface area contributed by atoms with E-state index in [0.29, 0.717) is 38.3 Å². The van der Waals surface area contributed by atoms with Gasteiger partial charge in [0.25, 0.3) is 5.91 Å². The lowest BCUT2D eigenvalue weighted by Crippen LogP contribution is -2.13. The Labute approximate surface area is 163 Å². The third-order valence-corrected chi connectivity index (χ3v) is 4.49. The molecule has 1 amide bonds. The van der Waals surface area contributed by atoms with Crippen LogP contribution in [0.15, 0.2) is 65.1 Å². The van der Waals surface area contributed by atoms with Gasteiger partial charge in [0, 0.05) is 10.7 Å². The van der Waals surface area contributed by atoms with Crippen LogP contribution in [0.1, 0.15) is 10.4 Å². The third-order valence-electron chi connectivity index (χ3n) is 3.92. The molecular weight excluding hydrogens is 390 g/mol. The van der Waals surface area contributed by atoms with Crippen LogP contribution < -0.4 is 5.32 Å². The highest BCUT2D eigenvalue weighted by Crippen LogP contribution is 2.33. The Morgan fingerprint density at radius 2 is 1.85 bits per heavy atom. The van der Waals surface area contributed by atoms with Crippen LogP contribution in [-0.2, 0) is 0 Å². The topological polar surface area (TPSA) is 55.1 Å². The Bertz CT molecular complexity index is 1170. The first-order valence-corrected chi connectivity index (χ1v) is 8.69. The summed E-state index contributed by atoms with van der Waals surface area (Å²) in [5.41, 5.74) is 2.03. The van der Waals surface area contributed by atoms with Crippen LogP contribution in [0.25, 0.3) is 22.6 Å². The number of anilines is 1. The molecule has 0 aliphatic heterocycles. The number of hydrogen-bond acceptors (Lipinski definition) is 3. The van der Waals surface area contributed by atoms with E-state index >= 15 is 0 Å². The Hall–Kier alpha value is -2.89. The first-order valence-electron chi connectivity index (χ1n) is 7.93. The smallest absolute Gasteiger partial charge is 0.258 e. The van der Waals surface area contributed by atoms with E-state index in [4.69, 9.17) is 27.6 Å². The van der Waals surface area contributed by atoms with Gasteiger partial charge >= 0.3 is 0 Å². The molecule has 0 aliphatic rings. The molecule has 0 spiro atoms. The molecule has 0 radical (unpaired) electrons. The average Bonchev–Trinajstić information content (AvgIpc) is 3.06. The molecule has 0 saturated carbocycles. The number of carbonyl (C=O) groups excluding carboxylic acids is 1. The normalized spacial score (nSPS) is 10.9. The highest BCUT2D eigenvalue weighted by atomic mass is 35.5. The van der Waals surface area contributed by atoms with Crippen LogP contribution in [0.5, 0.6) is 0 Å². The zero-order chi connectivity index (χ0) is 19.0. The van der Waals surface area contributed by atoms with Gasteiger partial charge in [-0.15, -0.1) is 0 Å². The van der Waals surface area contributed by atoms with Crippen LogP contribution in [-0.4, -0.2) is 10.9 Å². The zero-order valence-corrected chi connectivity index (χ0v) is 15.2. The first kappa shape index (κ1) is 17.5. The van der Waals surface area contributed by atoms with Gasteiger partial charge in [0.05, 0.1) is 16.1 Å². The lowest BCUT2D eigenvalue weighted by molar-refractivity contribution is 0.102. The number of nitrogens with one attached hydrogen (secondary N) is 1. The molecule has 1 aromatic heterocycles. The molecule has 27 heavy (non-hydrogen) atoms. The minimum Gasteiger partial charge on any atom is -0.436 e. The van der Waals surface area contributed by atoms with Crippen LogP contribution in [0.3, 0.4) is 0 Å². The number of fused-ring (bicyclic) bond motifs is 1. The third kappa shape index (κ3) is 3.52. The first-order chi connectivity index (χ1) is 13.0. The van der Waals surface area contributed by atoms with Crippen molar-refractivity contribution in [2.75, 3.05) is 5.32 Å². The number of halogens is 3. The Balaban J connectivity index is 1.68. The quantitative estimate of drug-likeness (QED) is 0.445. The zero-order valence-electron chi connectivity index (χ0n) is 13.7. The summed E-state index contributed by atoms with van der Waals surface area (Å²) in [5.74, 6) is -0.870. The number of rotatable bonds is 3. The standard InChI is InChI=1S/C20H11Cl2FN2O2/c21-11-5-8-18-17(9-11)25-20(27-18)14-10-12(6-7-15(14)22)24-19(26)13-3-1-2-4-16(13)23/h1-10H,(H,24,26). The molecule has 0 bridgehead atoms. The average molecular weight is 401 g/mol. The predicted octanol–water partition coefficient (Wildman–Crippen LogP) is 6.19. The lowest BCUT2D eigenvalue weighted by Gasteiger charge is -2.08. The van der Waals surface area contributed by atoms with Crippen molar-refractivity contribution >= 4 is 45.9 Å². The number of carbonyl (C=O) groups is 1. The van der Waals surface area contributed by atoms with Gasteiger partial charge in [0.15, 0.2) is 5.58 Å². The highest BCUT2D eigenvalue weighted by Gasteiger charge is 2.15. The summed E-state index contributed by atoms with van der Waals surface area (Å²) in [5, 5.41) is 3.59. The molecule has 0 atom stereocenters. The monoisotopic (exact) mass is 400 g/mol. The number of hydrogen-bond donors (Lipinski definition) is 1. The van der Waals surface area contributed by atoms with E-state index in [-0.39, 0.29) is 5.56 Å². The van der Waals surface area contributed by atoms with Crippen LogP contribution in [0, 0.1) is 5.82 Å². The Morgan fingerprint density at radius 3 is 2.67 bits per heavy atom. The summed E-state index contributed by atoms with van der Waals surface area (Å²) < 4.78 is 19.5. The number of aromatic nitrogens is 1. The summed E-state index contributed by atoms with van der Waals surface area (Å²) in [4.78, 5) is 16.7. The van der Waals surface area contributed by atoms with Crippen molar-refractivity contribution in [3.05, 3.63) is 82.1 Å². The number of oxazole rings is 1. The molecule has 3 aromatic carbocycles. The minimum atomic E-state index is -0.597. The van der Waals surface area contributed by atoms with E-state index in [2.05, 4.69) is 10.3 Å². The van der Waals surface area contributed by atoms with E-state index in [0.717, 1.165) is 0 Å². The van der Waals surface area contributed by atoms with Crippen LogP contribution in [0.2, 0.25) is 10.0 Å². The van der Waals surface area contributed by atoms with Gasteiger partial charge in [-0.05, 0) is 48.5 Å². The van der Waals surface area contributed by atoms with Crippen molar-refractivity contribution in [1.29, 1.82) is 0 Å². The van der Waals surface area contributed by atoms with Gasteiger partial charge in [-0.1, -0.05) is 35.3 Å². The summed E-state index contributed by atoms with van der Waals surface area (Å²) >= 11 is 12.2. The van der Waals surface area contributed by atoms with Gasteiger partial charge in [0.2, 0.25) is 5.89 Å². The van der Waals surface area contributed by atoms with Crippen molar-refractivity contribution in [1.82, 2.24) is 4.98 Å². The molecule has 0 saturated heterocycles. The predicted molar refractivity (Wildman–Crippen MR) is 104 cm³/mol. The Kier molecular flexibility index (Phi) is 4.56. The molecule has 1 N–H and O–H groups in total. The molecule has 4 nitrogen and oxygen atoms in total. The van der Waals surface area contributed by atoms with E-state index in [9.17, 15) is 9.18 Å². The summed E-state index contributed by atoms with van der Waals surface area (Å²) in [6.07, 6.45) is 0. The van der Waals surface area contributed by atoms with Gasteiger partial charge in [-0.3, -0.25) is 4.79 Å². The maximum absolute atomic E-state index is 13.8. The lowest BCUT2D eigenvalue weighted by atomic mass is 10.1. The second-order valence-electron chi connectivity index (χ2n) is 5.76. The molecular formula is C20H11Cl2FN2O2. The largest absolute Gasteiger partial charge is 0.436 e. The fraction of sp³-hybridized carbons (Fsp3) is 0. The van der Waals surface area contributed by atoms with Gasteiger partial charge in [-0.25, -0.2) is 9.37 Å². The molecule has 7 heteroatoms. The van der Waals surface area contributed by atoms with Crippen molar-refractivity contribution in [2.24, 2.45) is 0 Å². The molecule has 134 valence electrons. The number of amides is 1. The number of benzene rings is 3. The molecule has 1 heterocycles. The fourth-order valence-electron chi connectivity index (χ4n) is 2.63. The van der Waals surface area contributed by atoms with Gasteiger partial charge in [-0.2, -0.15) is 0 Å². The second kappa shape index (κ2) is 7.02. The molecule has 4 aromatic rings. The summed E-state index contributed by atoms with van der Waals surface area (Å²) in [7, 11) is 0. The van der Waals surface area contributed by atoms with E-state index < -0.39 is 11.7 Å². The van der Waals surface area contributed by atoms with E-state index in [1.165, 1.54) is 18.2 Å². The maximum atomic E-state index is 13.8. The van der Waals surface area contributed by atoms with E-state index in [1.54, 1.807) is 42.5 Å².